The zero-order valence-electron chi connectivity index (χ0n) is 11.3. The van der Waals surface area contributed by atoms with E-state index in [1.165, 1.54) is 11.3 Å². The molecule has 0 aliphatic heterocycles. The van der Waals surface area contributed by atoms with Gasteiger partial charge >= 0.3 is 0 Å². The Kier molecular flexibility index (Phi) is 6.00. The number of ether oxygens (including phenoxy) is 1. The van der Waals surface area contributed by atoms with Crippen LogP contribution in [0.25, 0.3) is 0 Å². The van der Waals surface area contributed by atoms with Crippen LogP contribution in [0.5, 0.6) is 0 Å². The zero-order valence-corrected chi connectivity index (χ0v) is 12.1. The molecule has 0 fully saturated rings. The standard InChI is InChI=1S/C11H20N4O2S/c1-5-12-11-14-13-9(18-11)10(16)15(8(2)3)6-7-17-4/h8H,5-7H2,1-4H3,(H,12,14). The lowest BCUT2D eigenvalue weighted by molar-refractivity contribution is 0.0634. The molecule has 0 spiro atoms. The molecule has 0 aromatic carbocycles. The van der Waals surface area contributed by atoms with Gasteiger partial charge in [-0.15, -0.1) is 10.2 Å². The molecule has 1 aromatic rings. The molecular formula is C11H20N4O2S. The number of nitrogens with one attached hydrogen (secondary N) is 1. The van der Waals surface area contributed by atoms with Gasteiger partial charge in [0.15, 0.2) is 0 Å². The van der Waals surface area contributed by atoms with E-state index in [1.807, 2.05) is 20.8 Å². The van der Waals surface area contributed by atoms with Crippen LogP contribution in [-0.4, -0.2) is 53.9 Å². The Balaban J connectivity index is 2.74. The second-order valence-electron chi connectivity index (χ2n) is 4.03. The molecule has 0 unspecified atom stereocenters. The van der Waals surface area contributed by atoms with Gasteiger partial charge in [-0.25, -0.2) is 0 Å². The number of hydrogen-bond donors (Lipinski definition) is 1. The van der Waals surface area contributed by atoms with E-state index in [2.05, 4.69) is 15.5 Å². The lowest BCUT2D eigenvalue weighted by Gasteiger charge is -2.25. The van der Waals surface area contributed by atoms with Crippen molar-refractivity contribution in [1.82, 2.24) is 15.1 Å². The fraction of sp³-hybridized carbons (Fsp3) is 0.727. The van der Waals surface area contributed by atoms with Crippen molar-refractivity contribution in [2.45, 2.75) is 26.8 Å². The average molecular weight is 272 g/mol. The molecule has 0 radical (unpaired) electrons. The number of aromatic nitrogens is 2. The van der Waals surface area contributed by atoms with E-state index < -0.39 is 0 Å². The van der Waals surface area contributed by atoms with Crippen LogP contribution < -0.4 is 5.32 Å². The van der Waals surface area contributed by atoms with Crippen molar-refractivity contribution < 1.29 is 9.53 Å². The second-order valence-corrected chi connectivity index (χ2v) is 5.01. The number of anilines is 1. The first kappa shape index (κ1) is 14.8. The molecule has 1 rings (SSSR count). The summed E-state index contributed by atoms with van der Waals surface area (Å²) in [7, 11) is 1.62. The van der Waals surface area contributed by atoms with Crippen LogP contribution in [-0.2, 0) is 4.74 Å². The maximum atomic E-state index is 12.3. The minimum atomic E-state index is -0.0938. The Bertz CT molecular complexity index is 381. The number of carbonyl (C=O) groups excluding carboxylic acids is 1. The Labute approximate surface area is 111 Å². The lowest BCUT2D eigenvalue weighted by Crippen LogP contribution is -2.39. The molecule has 0 bridgehead atoms. The zero-order chi connectivity index (χ0) is 13.5. The summed E-state index contributed by atoms with van der Waals surface area (Å²) in [5, 5.41) is 12.0. The summed E-state index contributed by atoms with van der Waals surface area (Å²) in [6.45, 7) is 7.76. The molecular weight excluding hydrogens is 252 g/mol. The third-order valence-corrected chi connectivity index (χ3v) is 3.23. The minimum Gasteiger partial charge on any atom is -0.383 e. The number of carbonyl (C=O) groups is 1. The molecule has 1 aromatic heterocycles. The van der Waals surface area contributed by atoms with E-state index >= 15 is 0 Å². The van der Waals surface area contributed by atoms with E-state index in [9.17, 15) is 4.79 Å². The normalized spacial score (nSPS) is 10.7. The molecule has 18 heavy (non-hydrogen) atoms. The van der Waals surface area contributed by atoms with Crippen LogP contribution in [0.15, 0.2) is 0 Å². The van der Waals surface area contributed by atoms with Crippen molar-refractivity contribution in [2.24, 2.45) is 0 Å². The number of hydrogen-bond acceptors (Lipinski definition) is 6. The van der Waals surface area contributed by atoms with Crippen LogP contribution >= 0.6 is 11.3 Å². The molecule has 0 atom stereocenters. The van der Waals surface area contributed by atoms with E-state index in [-0.39, 0.29) is 11.9 Å². The van der Waals surface area contributed by atoms with Gasteiger partial charge in [0, 0.05) is 26.2 Å². The predicted octanol–water partition coefficient (Wildman–Crippen LogP) is 1.47. The first-order chi connectivity index (χ1) is 8.60. The SMILES string of the molecule is CCNc1nnc(C(=O)N(CCOC)C(C)C)s1. The summed E-state index contributed by atoms with van der Waals surface area (Å²) in [6.07, 6.45) is 0. The monoisotopic (exact) mass is 272 g/mol. The Morgan fingerprint density at radius 2 is 2.22 bits per heavy atom. The molecule has 0 saturated carbocycles. The molecule has 1 heterocycles. The summed E-state index contributed by atoms with van der Waals surface area (Å²) in [6, 6.07) is 0.110. The predicted molar refractivity (Wildman–Crippen MR) is 72.1 cm³/mol. The van der Waals surface area contributed by atoms with Crippen molar-refractivity contribution in [2.75, 3.05) is 32.1 Å². The van der Waals surface area contributed by atoms with Gasteiger partial charge in [-0.05, 0) is 20.8 Å². The summed E-state index contributed by atoms with van der Waals surface area (Å²) in [5.41, 5.74) is 0. The topological polar surface area (TPSA) is 67.4 Å². The molecule has 0 aliphatic carbocycles. The Hall–Kier alpha value is -1.21. The largest absolute Gasteiger partial charge is 0.383 e. The van der Waals surface area contributed by atoms with Gasteiger partial charge in [-0.1, -0.05) is 11.3 Å². The highest BCUT2D eigenvalue weighted by molar-refractivity contribution is 7.17. The van der Waals surface area contributed by atoms with Gasteiger partial charge in [-0.3, -0.25) is 4.79 Å². The summed E-state index contributed by atoms with van der Waals surface area (Å²) in [5.74, 6) is -0.0938. The van der Waals surface area contributed by atoms with Crippen molar-refractivity contribution in [3.8, 4) is 0 Å². The maximum absolute atomic E-state index is 12.3. The van der Waals surface area contributed by atoms with Crippen molar-refractivity contribution in [3.05, 3.63) is 5.01 Å². The number of methoxy groups -OCH3 is 1. The number of amides is 1. The average Bonchev–Trinajstić information content (AvgIpc) is 2.78. The van der Waals surface area contributed by atoms with Gasteiger partial charge in [0.1, 0.15) is 0 Å². The van der Waals surface area contributed by atoms with Gasteiger partial charge in [0.25, 0.3) is 5.91 Å². The Morgan fingerprint density at radius 1 is 1.50 bits per heavy atom. The van der Waals surface area contributed by atoms with Crippen molar-refractivity contribution in [1.29, 1.82) is 0 Å². The Morgan fingerprint density at radius 3 is 2.78 bits per heavy atom. The summed E-state index contributed by atoms with van der Waals surface area (Å²) < 4.78 is 5.01. The summed E-state index contributed by atoms with van der Waals surface area (Å²) in [4.78, 5) is 14.0. The van der Waals surface area contributed by atoms with Crippen LogP contribution in [0.4, 0.5) is 5.13 Å². The second kappa shape index (κ2) is 7.27. The fourth-order valence-electron chi connectivity index (χ4n) is 1.44. The van der Waals surface area contributed by atoms with Gasteiger partial charge in [0.2, 0.25) is 10.1 Å². The first-order valence-electron chi connectivity index (χ1n) is 5.97. The molecule has 1 N–H and O–H groups in total. The number of rotatable bonds is 7. The molecule has 6 nitrogen and oxygen atoms in total. The highest BCUT2D eigenvalue weighted by Crippen LogP contribution is 2.17. The lowest BCUT2D eigenvalue weighted by atomic mass is 10.3. The molecule has 1 amide bonds. The summed E-state index contributed by atoms with van der Waals surface area (Å²) >= 11 is 1.28. The van der Waals surface area contributed by atoms with Gasteiger partial charge in [-0.2, -0.15) is 0 Å². The highest BCUT2D eigenvalue weighted by atomic mass is 32.1. The molecule has 0 aliphatic rings. The van der Waals surface area contributed by atoms with E-state index in [1.54, 1.807) is 12.0 Å². The molecule has 0 saturated heterocycles. The van der Waals surface area contributed by atoms with E-state index in [4.69, 9.17) is 4.74 Å². The van der Waals surface area contributed by atoms with Crippen LogP contribution in [0.1, 0.15) is 30.6 Å². The first-order valence-corrected chi connectivity index (χ1v) is 6.79. The van der Waals surface area contributed by atoms with E-state index in [0.717, 1.165) is 6.54 Å². The van der Waals surface area contributed by atoms with Crippen molar-refractivity contribution in [3.63, 3.8) is 0 Å². The third kappa shape index (κ3) is 3.92. The van der Waals surface area contributed by atoms with Crippen LogP contribution in [0.2, 0.25) is 0 Å². The molecule has 7 heteroatoms. The minimum absolute atomic E-state index is 0.0938. The van der Waals surface area contributed by atoms with Crippen LogP contribution in [0.3, 0.4) is 0 Å². The number of nitrogens with zero attached hydrogens (tertiary/aromatic N) is 3. The van der Waals surface area contributed by atoms with Crippen molar-refractivity contribution >= 4 is 22.4 Å². The quantitative estimate of drug-likeness (QED) is 0.814. The van der Waals surface area contributed by atoms with E-state index in [0.29, 0.717) is 23.3 Å². The van der Waals surface area contributed by atoms with Crippen LogP contribution in [0, 0.1) is 0 Å². The smallest absolute Gasteiger partial charge is 0.285 e. The van der Waals surface area contributed by atoms with Gasteiger partial charge < -0.3 is 15.0 Å². The van der Waals surface area contributed by atoms with Gasteiger partial charge in [0.05, 0.1) is 6.61 Å². The third-order valence-electron chi connectivity index (χ3n) is 2.36. The maximum Gasteiger partial charge on any atom is 0.285 e. The fourth-order valence-corrected chi connectivity index (χ4v) is 2.21. The highest BCUT2D eigenvalue weighted by Gasteiger charge is 2.22. The molecule has 102 valence electrons.